The van der Waals surface area contributed by atoms with Crippen molar-refractivity contribution in [1.29, 1.82) is 0 Å². The maximum absolute atomic E-state index is 10.7. The van der Waals surface area contributed by atoms with Crippen molar-refractivity contribution in [3.8, 4) is 0 Å². The first-order valence-corrected chi connectivity index (χ1v) is 25.0. The number of allylic oxidation sites excluding steroid dienone is 1. The van der Waals surface area contributed by atoms with Gasteiger partial charge in [-0.2, -0.15) is 0 Å². The minimum absolute atomic E-state index is 0. The lowest BCUT2D eigenvalue weighted by Gasteiger charge is -2.24. The maximum Gasteiger partial charge on any atom is 0.219 e. The second kappa shape index (κ2) is 288. The lowest BCUT2D eigenvalue weighted by Crippen LogP contribution is -2.33. The quantitative estimate of drug-likeness (QED) is 0.118. The van der Waals surface area contributed by atoms with Gasteiger partial charge < -0.3 is 130 Å². The molecule has 85 heavy (non-hydrogen) atoms. The smallest absolute Gasteiger partial charge is 0.219 e. The van der Waals surface area contributed by atoms with E-state index in [-0.39, 0.29) is 67.4 Å². The predicted molar refractivity (Wildman–Crippen MR) is 379 cm³/mol. The summed E-state index contributed by atoms with van der Waals surface area (Å²) in [5.74, 6) is 4.65. The molecule has 1 aliphatic heterocycles. The van der Waals surface area contributed by atoms with Gasteiger partial charge in [-0.05, 0) is 103 Å². The Bertz CT molecular complexity index is 869. The molecule has 1 amide bonds. The van der Waals surface area contributed by atoms with E-state index < -0.39 is 0 Å². The first-order valence-electron chi connectivity index (χ1n) is 25.0. The molecule has 0 spiro atoms. The van der Waals surface area contributed by atoms with Gasteiger partial charge in [-0.25, -0.2) is 0 Å². The fraction of sp³-hybridized carbons (Fsp3) is 0.667. The van der Waals surface area contributed by atoms with Crippen LogP contribution in [-0.4, -0.2) is 124 Å². The summed E-state index contributed by atoms with van der Waals surface area (Å²) in [6.07, 6.45) is 11.2. The van der Waals surface area contributed by atoms with E-state index in [9.17, 15) is 4.79 Å². The molecule has 32 N–H and O–H groups in total. The van der Waals surface area contributed by atoms with Gasteiger partial charge in [-0.1, -0.05) is 179 Å². The molecule has 0 radical (unpaired) electrons. The molecule has 1 heterocycles. The fourth-order valence-corrected chi connectivity index (χ4v) is 1.92. The number of rotatable bonds is 6. The monoisotopic (exact) mass is 1260 g/mol. The molecule has 0 unspecified atom stereocenters. The molecule has 536 valence electrons. The first-order chi connectivity index (χ1) is 36.1. The van der Waals surface area contributed by atoms with Crippen molar-refractivity contribution >= 4 is 80.6 Å². The van der Waals surface area contributed by atoms with Crippen molar-refractivity contribution in [3.63, 3.8) is 0 Å². The third kappa shape index (κ3) is 659. The van der Waals surface area contributed by atoms with Crippen LogP contribution in [0.2, 0.25) is 0 Å². The Labute approximate surface area is 527 Å². The SMILES string of the molecule is C=C(C)C.C=O.C=O.C=O.C=O.C=O.C=O.C=O.C=O.C=O.C=O.C=O.CC(=O)N1CCCCC1.CC(C)O.CCC(C)C.CCC(C)C.CCC(C)C.CCC(C)C.CCC(C)C.CCc1ccccc1.CN.CN.N.N.N.N.N.N.N.N.N. The van der Waals surface area contributed by atoms with Crippen LogP contribution in [0.3, 0.4) is 0 Å². The molecule has 1 aromatic carbocycles. The molecular formula is C60H158N12O13. The molecule has 2 rings (SSSR count). The van der Waals surface area contributed by atoms with Gasteiger partial charge in [0, 0.05) is 26.1 Å². The van der Waals surface area contributed by atoms with Crippen LogP contribution in [0.15, 0.2) is 42.5 Å². The second-order valence-corrected chi connectivity index (χ2v) is 15.7. The summed E-state index contributed by atoms with van der Waals surface area (Å²) >= 11 is 0. The number of nitrogens with two attached hydrogens (primary N) is 2. The van der Waals surface area contributed by atoms with Crippen LogP contribution in [0.1, 0.15) is 202 Å². The summed E-state index contributed by atoms with van der Waals surface area (Å²) in [5, 5.41) is 8.06. The summed E-state index contributed by atoms with van der Waals surface area (Å²) in [6, 6.07) is 10.5. The predicted octanol–water partition coefficient (Wildman–Crippen LogP) is 14.1. The van der Waals surface area contributed by atoms with Gasteiger partial charge >= 0.3 is 0 Å². The number of piperidine rings is 1. The van der Waals surface area contributed by atoms with Crippen molar-refractivity contribution in [3.05, 3.63) is 48.0 Å². The number of amides is 1. The summed E-state index contributed by atoms with van der Waals surface area (Å²) in [4.78, 5) is 101. The van der Waals surface area contributed by atoms with Gasteiger partial charge in [0.2, 0.25) is 5.91 Å². The Hall–Kier alpha value is -5.68. The van der Waals surface area contributed by atoms with E-state index in [4.69, 9.17) is 57.8 Å². The van der Waals surface area contributed by atoms with E-state index in [0.717, 1.165) is 49.1 Å². The van der Waals surface area contributed by atoms with E-state index >= 15 is 0 Å². The lowest BCUT2D eigenvalue weighted by molar-refractivity contribution is -0.129. The van der Waals surface area contributed by atoms with Crippen molar-refractivity contribution in [2.45, 2.75) is 209 Å². The van der Waals surface area contributed by atoms with Gasteiger partial charge in [-0.15, -0.1) is 6.58 Å². The van der Waals surface area contributed by atoms with Crippen LogP contribution < -0.4 is 66.8 Å². The molecule has 1 aromatic rings. The molecule has 25 heteroatoms. The number of aryl methyl sites for hydroxylation is 1. The standard InChI is InChI=1S/C8H10.C7H13NO.5C5H12.C4H8.C3H8O.2CH5N.11CH2O.9H3N/c1-2-8-6-4-3-5-7-8;1-7(9)8-5-3-2-4-6-8;5*1-4-5(2)3;1-4(2)3;1-3(2)4;13*1-2;;;;;;;;;/h3-7H,2H2,1H3;2-6H2,1H3;5*5H,4H2,1-3H3;1H2,2-3H3;3-4H,1-2H3;2*2H2,1H3;11*1H2;9*1H3. The van der Waals surface area contributed by atoms with Gasteiger partial charge in [0.05, 0.1) is 0 Å². The first kappa shape index (κ1) is 192. The number of aliphatic hydroxyl groups is 1. The van der Waals surface area contributed by atoms with Crippen LogP contribution >= 0.6 is 0 Å². The third-order valence-corrected chi connectivity index (χ3v) is 7.13. The van der Waals surface area contributed by atoms with E-state index in [2.05, 4.69) is 153 Å². The highest BCUT2D eigenvalue weighted by Gasteiger charge is 2.11. The van der Waals surface area contributed by atoms with E-state index in [0.29, 0.717) is 0 Å². The van der Waals surface area contributed by atoms with E-state index in [1.54, 1.807) is 20.8 Å². The van der Waals surface area contributed by atoms with E-state index in [1.807, 2.05) is 99.5 Å². The number of hydrogen-bond donors (Lipinski definition) is 12. The van der Waals surface area contributed by atoms with E-state index in [1.165, 1.54) is 76.6 Å². The largest absolute Gasteiger partial charge is 0.394 e. The highest BCUT2D eigenvalue weighted by atomic mass is 16.3. The van der Waals surface area contributed by atoms with Crippen molar-refractivity contribution in [2.24, 2.45) is 41.1 Å². The normalized spacial score (nSPS) is 7.18. The molecule has 1 saturated heterocycles. The molecule has 0 saturated carbocycles. The zero-order valence-corrected chi connectivity index (χ0v) is 60.4. The van der Waals surface area contributed by atoms with Gasteiger partial charge in [0.1, 0.15) is 74.7 Å². The molecular weight excluding hydrogens is 1100 g/mol. The molecule has 0 aromatic heterocycles. The van der Waals surface area contributed by atoms with Crippen molar-refractivity contribution in [1.82, 2.24) is 60.3 Å². The number of carbonyl (C=O) groups is 12. The molecule has 0 bridgehead atoms. The summed E-state index contributed by atoms with van der Waals surface area (Å²) in [6.45, 7) is 71.9. The fourth-order valence-electron chi connectivity index (χ4n) is 1.92. The Balaban J connectivity index is -0.0000000146. The van der Waals surface area contributed by atoms with Crippen LogP contribution in [0.4, 0.5) is 0 Å². The van der Waals surface area contributed by atoms with Crippen molar-refractivity contribution in [2.75, 3.05) is 27.2 Å². The molecule has 25 nitrogen and oxygen atoms in total. The Kier molecular flexibility index (Phi) is 651. The highest BCUT2D eigenvalue weighted by molar-refractivity contribution is 5.73. The summed E-state index contributed by atoms with van der Waals surface area (Å²) < 4.78 is 0. The average Bonchev–Trinajstić information content (AvgIpc) is 3.48. The minimum Gasteiger partial charge on any atom is -0.394 e. The average molecular weight is 1260 g/mol. The van der Waals surface area contributed by atoms with Gasteiger partial charge in [0.25, 0.3) is 0 Å². The maximum atomic E-state index is 10.7. The molecule has 1 fully saturated rings. The highest BCUT2D eigenvalue weighted by Crippen LogP contribution is 2.07. The topological polar surface area (TPSA) is 595 Å². The van der Waals surface area contributed by atoms with Crippen LogP contribution in [0, 0.1) is 29.6 Å². The zero-order chi connectivity index (χ0) is 67.1. The van der Waals surface area contributed by atoms with Crippen molar-refractivity contribution < 1.29 is 62.6 Å². The zero-order valence-electron chi connectivity index (χ0n) is 60.4. The molecule has 0 atom stereocenters. The lowest BCUT2D eigenvalue weighted by atomic mass is 10.1. The number of likely N-dealkylation sites (tertiary alicyclic amines) is 1. The van der Waals surface area contributed by atoms with Crippen LogP contribution in [0.25, 0.3) is 0 Å². The minimum atomic E-state index is -0.167. The molecule has 1 aliphatic rings. The number of nitrogens with zero attached hydrogens (tertiary/aromatic N) is 1. The number of aliphatic hydroxyl groups excluding tert-OH is 1. The third-order valence-electron chi connectivity index (χ3n) is 7.13. The number of carbonyl (C=O) groups excluding carboxylic acids is 12. The van der Waals surface area contributed by atoms with Gasteiger partial charge in [-0.3, -0.25) is 4.79 Å². The second-order valence-electron chi connectivity index (χ2n) is 15.7. The van der Waals surface area contributed by atoms with Crippen LogP contribution in [-0.2, 0) is 64.0 Å². The molecule has 0 aliphatic carbocycles. The number of benzene rings is 1. The van der Waals surface area contributed by atoms with Crippen LogP contribution in [0.5, 0.6) is 0 Å². The van der Waals surface area contributed by atoms with Gasteiger partial charge in [0.15, 0.2) is 0 Å². The summed E-state index contributed by atoms with van der Waals surface area (Å²) in [5.41, 5.74) is 11.6. The Morgan fingerprint density at radius 1 is 0.388 bits per heavy atom. The summed E-state index contributed by atoms with van der Waals surface area (Å²) in [7, 11) is 3.00. The Morgan fingerprint density at radius 3 is 0.588 bits per heavy atom. The number of hydrogen-bond acceptors (Lipinski definition) is 24. The Morgan fingerprint density at radius 2 is 0.518 bits per heavy atom.